The Morgan fingerprint density at radius 3 is 2.81 bits per heavy atom. The van der Waals surface area contributed by atoms with E-state index in [2.05, 4.69) is 29.3 Å². The van der Waals surface area contributed by atoms with Gasteiger partial charge in [0.1, 0.15) is 0 Å². The molecule has 1 N–H and O–H groups in total. The van der Waals surface area contributed by atoms with Crippen LogP contribution in [0.3, 0.4) is 0 Å². The minimum atomic E-state index is 0.0228. The summed E-state index contributed by atoms with van der Waals surface area (Å²) in [4.78, 5) is 14.5. The molecule has 0 heterocycles. The number of benzene rings is 1. The summed E-state index contributed by atoms with van der Waals surface area (Å²) >= 11 is 0. The molecular weight excluding hydrogens is 260 g/mol. The van der Waals surface area contributed by atoms with Crippen molar-refractivity contribution in [2.45, 2.75) is 45.2 Å². The molecule has 0 saturated heterocycles. The molecule has 1 aromatic carbocycles. The van der Waals surface area contributed by atoms with E-state index >= 15 is 0 Å². The van der Waals surface area contributed by atoms with Crippen molar-refractivity contribution in [3.63, 3.8) is 0 Å². The molecule has 3 nitrogen and oxygen atoms in total. The molecule has 0 aromatic heterocycles. The first-order valence-corrected chi connectivity index (χ1v) is 7.79. The van der Waals surface area contributed by atoms with Crippen molar-refractivity contribution in [3.8, 4) is 0 Å². The van der Waals surface area contributed by atoms with Gasteiger partial charge in [-0.15, -0.1) is 0 Å². The second-order valence-electron chi connectivity index (χ2n) is 6.16. The number of hydrogen-bond donors (Lipinski definition) is 1. The Morgan fingerprint density at radius 2 is 2.14 bits per heavy atom. The number of amides is 1. The van der Waals surface area contributed by atoms with E-state index in [0.717, 1.165) is 30.5 Å². The van der Waals surface area contributed by atoms with Crippen molar-refractivity contribution >= 4 is 5.91 Å². The van der Waals surface area contributed by atoms with E-state index in [9.17, 15) is 4.79 Å². The minimum absolute atomic E-state index is 0.0228. The van der Waals surface area contributed by atoms with E-state index < -0.39 is 0 Å². The van der Waals surface area contributed by atoms with E-state index in [1.807, 2.05) is 32.3 Å². The average molecular weight is 286 g/mol. The molecule has 0 spiro atoms. The van der Waals surface area contributed by atoms with Crippen LogP contribution in [0.15, 0.2) is 35.9 Å². The van der Waals surface area contributed by atoms with Crippen molar-refractivity contribution in [2.24, 2.45) is 0 Å². The largest absolute Gasteiger partial charge is 0.346 e. The van der Waals surface area contributed by atoms with Crippen molar-refractivity contribution in [3.05, 3.63) is 47.0 Å². The number of allylic oxidation sites excluding steroid dienone is 1. The number of nitrogens with zero attached hydrogens (tertiary/aromatic N) is 1. The van der Waals surface area contributed by atoms with Gasteiger partial charge in [0.2, 0.25) is 0 Å². The first kappa shape index (κ1) is 15.8. The zero-order valence-electron chi connectivity index (χ0n) is 13.4. The highest BCUT2D eigenvalue weighted by molar-refractivity contribution is 5.94. The van der Waals surface area contributed by atoms with Gasteiger partial charge in [0, 0.05) is 18.2 Å². The maximum Gasteiger partial charge on any atom is 0.251 e. The summed E-state index contributed by atoms with van der Waals surface area (Å²) < 4.78 is 0. The van der Waals surface area contributed by atoms with Crippen LogP contribution in [-0.2, 0) is 6.54 Å². The van der Waals surface area contributed by atoms with Crippen LogP contribution in [0.25, 0.3) is 0 Å². The molecule has 0 fully saturated rings. The summed E-state index contributed by atoms with van der Waals surface area (Å²) in [6.45, 7) is 2.93. The van der Waals surface area contributed by atoms with Gasteiger partial charge in [0.15, 0.2) is 0 Å². The lowest BCUT2D eigenvalue weighted by atomic mass is 9.94. The lowest BCUT2D eigenvalue weighted by Crippen LogP contribution is -2.34. The number of hydrogen-bond acceptors (Lipinski definition) is 2. The summed E-state index contributed by atoms with van der Waals surface area (Å²) in [7, 11) is 4.06. The summed E-state index contributed by atoms with van der Waals surface area (Å²) in [5.41, 5.74) is 3.29. The summed E-state index contributed by atoms with van der Waals surface area (Å²) in [6.07, 6.45) is 7.06. The monoisotopic (exact) mass is 286 g/mol. The predicted octanol–water partition coefficient (Wildman–Crippen LogP) is 3.37. The fourth-order valence-corrected chi connectivity index (χ4v) is 2.81. The Kier molecular flexibility index (Phi) is 5.57. The predicted molar refractivity (Wildman–Crippen MR) is 87.3 cm³/mol. The molecule has 3 heteroatoms. The van der Waals surface area contributed by atoms with Gasteiger partial charge in [-0.3, -0.25) is 4.79 Å². The first-order chi connectivity index (χ1) is 10.1. The molecule has 0 bridgehead atoms. The van der Waals surface area contributed by atoms with Crippen LogP contribution in [0.2, 0.25) is 0 Å². The number of rotatable bonds is 5. The Balaban J connectivity index is 2.01. The second kappa shape index (κ2) is 7.41. The van der Waals surface area contributed by atoms with Crippen LogP contribution < -0.4 is 5.32 Å². The molecule has 1 aliphatic rings. The zero-order chi connectivity index (χ0) is 15.2. The van der Waals surface area contributed by atoms with Crippen LogP contribution in [0.5, 0.6) is 0 Å². The normalized spacial score (nSPS) is 16.5. The van der Waals surface area contributed by atoms with E-state index in [1.54, 1.807) is 0 Å². The van der Waals surface area contributed by atoms with Gasteiger partial charge in [-0.25, -0.2) is 0 Å². The van der Waals surface area contributed by atoms with E-state index in [4.69, 9.17) is 0 Å². The molecule has 0 saturated carbocycles. The molecule has 21 heavy (non-hydrogen) atoms. The standard InChI is InChI=1S/C18H26N2O/c1-14(16-9-5-4-6-10-16)19-18(21)17-11-7-8-15(12-17)13-20(2)3/h7-9,11-12,14H,4-6,10,13H2,1-3H3,(H,19,21)/t14-/m1/s1. The summed E-state index contributed by atoms with van der Waals surface area (Å²) in [5, 5.41) is 3.13. The molecule has 1 aliphatic carbocycles. The molecule has 0 aliphatic heterocycles. The quantitative estimate of drug-likeness (QED) is 0.842. The number of carbonyl (C=O) groups excluding carboxylic acids is 1. The lowest BCUT2D eigenvalue weighted by molar-refractivity contribution is 0.0944. The van der Waals surface area contributed by atoms with Gasteiger partial charge in [0.05, 0.1) is 0 Å². The zero-order valence-corrected chi connectivity index (χ0v) is 13.4. The molecular formula is C18H26N2O. The summed E-state index contributed by atoms with van der Waals surface area (Å²) in [5.74, 6) is 0.0228. The Hall–Kier alpha value is -1.61. The third kappa shape index (κ3) is 4.71. The highest BCUT2D eigenvalue weighted by atomic mass is 16.1. The fourth-order valence-electron chi connectivity index (χ4n) is 2.81. The summed E-state index contributed by atoms with van der Waals surface area (Å²) in [6, 6.07) is 8.02. The number of nitrogens with one attached hydrogen (secondary N) is 1. The molecule has 1 atom stereocenters. The van der Waals surface area contributed by atoms with Gasteiger partial charge in [-0.1, -0.05) is 23.8 Å². The second-order valence-corrected chi connectivity index (χ2v) is 6.16. The van der Waals surface area contributed by atoms with Crippen LogP contribution in [0, 0.1) is 0 Å². The Morgan fingerprint density at radius 1 is 1.33 bits per heavy atom. The van der Waals surface area contributed by atoms with Gasteiger partial charge in [0.25, 0.3) is 5.91 Å². The Labute approximate surface area is 128 Å². The van der Waals surface area contributed by atoms with Crippen molar-refractivity contribution in [2.75, 3.05) is 14.1 Å². The van der Waals surface area contributed by atoms with Gasteiger partial charge < -0.3 is 10.2 Å². The maximum absolute atomic E-state index is 12.4. The molecule has 0 radical (unpaired) electrons. The smallest absolute Gasteiger partial charge is 0.251 e. The van der Waals surface area contributed by atoms with Crippen molar-refractivity contribution in [1.82, 2.24) is 10.2 Å². The van der Waals surface area contributed by atoms with E-state index in [1.165, 1.54) is 18.4 Å². The highest BCUT2D eigenvalue weighted by Crippen LogP contribution is 2.20. The average Bonchev–Trinajstić information content (AvgIpc) is 2.47. The van der Waals surface area contributed by atoms with Gasteiger partial charge in [-0.05, 0) is 64.4 Å². The van der Waals surface area contributed by atoms with Crippen LogP contribution in [-0.4, -0.2) is 30.9 Å². The lowest BCUT2D eigenvalue weighted by Gasteiger charge is -2.21. The highest BCUT2D eigenvalue weighted by Gasteiger charge is 2.15. The first-order valence-electron chi connectivity index (χ1n) is 7.79. The van der Waals surface area contributed by atoms with Crippen molar-refractivity contribution in [1.29, 1.82) is 0 Å². The maximum atomic E-state index is 12.4. The van der Waals surface area contributed by atoms with Crippen LogP contribution in [0.1, 0.15) is 48.5 Å². The SMILES string of the molecule is C[C@@H](NC(=O)c1cccc(CN(C)C)c1)C1=CCCCC1. The fraction of sp³-hybridized carbons (Fsp3) is 0.500. The molecule has 0 unspecified atom stereocenters. The van der Waals surface area contributed by atoms with E-state index in [-0.39, 0.29) is 11.9 Å². The molecule has 114 valence electrons. The topological polar surface area (TPSA) is 32.3 Å². The van der Waals surface area contributed by atoms with Crippen molar-refractivity contribution < 1.29 is 4.79 Å². The third-order valence-corrected chi connectivity index (χ3v) is 3.92. The molecule has 1 aromatic rings. The third-order valence-electron chi connectivity index (χ3n) is 3.92. The minimum Gasteiger partial charge on any atom is -0.346 e. The van der Waals surface area contributed by atoms with E-state index in [0.29, 0.717) is 0 Å². The van der Waals surface area contributed by atoms with Gasteiger partial charge >= 0.3 is 0 Å². The Bertz CT molecular complexity index is 520. The molecule has 2 rings (SSSR count). The number of carbonyl (C=O) groups is 1. The molecule has 1 amide bonds. The van der Waals surface area contributed by atoms with Gasteiger partial charge in [-0.2, -0.15) is 0 Å². The van der Waals surface area contributed by atoms with Crippen LogP contribution >= 0.6 is 0 Å². The van der Waals surface area contributed by atoms with Crippen LogP contribution in [0.4, 0.5) is 0 Å².